The van der Waals surface area contributed by atoms with Crippen LogP contribution in [0.15, 0.2) is 47.1 Å². The minimum Gasteiger partial charge on any atom is -0.271 e. The van der Waals surface area contributed by atoms with Crippen molar-refractivity contribution in [3.8, 4) is 0 Å². The number of hydrazine groups is 1. The van der Waals surface area contributed by atoms with Gasteiger partial charge in [-0.1, -0.05) is 28.1 Å². The van der Waals surface area contributed by atoms with Crippen molar-refractivity contribution in [3.05, 3.63) is 63.9 Å². The van der Waals surface area contributed by atoms with Gasteiger partial charge in [0, 0.05) is 10.7 Å². The molecule has 3 N–H and O–H groups in total. The molecule has 0 radical (unpaired) electrons. The quantitative estimate of drug-likeness (QED) is 0.647. The van der Waals surface area contributed by atoms with E-state index in [0.717, 1.165) is 22.3 Å². The summed E-state index contributed by atoms with van der Waals surface area (Å²) in [5.74, 6) is 5.48. The third kappa shape index (κ3) is 4.26. The molecule has 0 bridgehead atoms. The Kier molecular flexibility index (Phi) is 4.97. The summed E-state index contributed by atoms with van der Waals surface area (Å²) in [5, 5.41) is 0. The summed E-state index contributed by atoms with van der Waals surface area (Å²) in [6, 6.07) is 9.61. The van der Waals surface area contributed by atoms with E-state index in [0.29, 0.717) is 12.1 Å². The molecule has 3 nitrogen and oxygen atoms in total. The van der Waals surface area contributed by atoms with Crippen LogP contribution in [0.5, 0.6) is 0 Å². The lowest BCUT2D eigenvalue weighted by atomic mass is 10.0. The van der Waals surface area contributed by atoms with Crippen LogP contribution in [0.1, 0.15) is 22.9 Å². The van der Waals surface area contributed by atoms with E-state index in [4.69, 9.17) is 5.84 Å². The van der Waals surface area contributed by atoms with Crippen LogP contribution in [0.2, 0.25) is 0 Å². The lowest BCUT2D eigenvalue weighted by molar-refractivity contribution is -0.137. The standard InChI is InChI=1S/C14H13BrF3N3/c15-11-4-1-9(2-5-11)7-13(21-19)12-6-3-10(8-20-12)14(16,17)18/h1-6,8,13,21H,7,19H2. The first-order valence-corrected chi connectivity index (χ1v) is 6.93. The van der Waals surface area contributed by atoms with Gasteiger partial charge in [-0.3, -0.25) is 16.3 Å². The molecule has 2 rings (SSSR count). The second kappa shape index (κ2) is 6.55. The fourth-order valence-corrected chi connectivity index (χ4v) is 2.15. The van der Waals surface area contributed by atoms with Crippen LogP contribution >= 0.6 is 15.9 Å². The summed E-state index contributed by atoms with van der Waals surface area (Å²) in [6.07, 6.45) is -3.04. The highest BCUT2D eigenvalue weighted by molar-refractivity contribution is 9.10. The lowest BCUT2D eigenvalue weighted by Gasteiger charge is -2.16. The fourth-order valence-electron chi connectivity index (χ4n) is 1.88. The molecule has 1 unspecified atom stereocenters. The Balaban J connectivity index is 2.15. The second-order valence-electron chi connectivity index (χ2n) is 4.52. The molecule has 0 saturated heterocycles. The van der Waals surface area contributed by atoms with Gasteiger partial charge in [0.2, 0.25) is 0 Å². The molecule has 1 heterocycles. The average Bonchev–Trinajstić information content (AvgIpc) is 2.46. The Hall–Kier alpha value is -1.44. The van der Waals surface area contributed by atoms with Gasteiger partial charge in [-0.2, -0.15) is 13.2 Å². The monoisotopic (exact) mass is 359 g/mol. The predicted molar refractivity (Wildman–Crippen MR) is 77.1 cm³/mol. The van der Waals surface area contributed by atoms with Crippen LogP contribution < -0.4 is 11.3 Å². The Morgan fingerprint density at radius 2 is 1.81 bits per heavy atom. The first-order valence-electron chi connectivity index (χ1n) is 6.14. The van der Waals surface area contributed by atoms with Crippen molar-refractivity contribution < 1.29 is 13.2 Å². The minimum atomic E-state index is -4.39. The largest absolute Gasteiger partial charge is 0.417 e. The van der Waals surface area contributed by atoms with Gasteiger partial charge in [-0.25, -0.2) is 0 Å². The van der Waals surface area contributed by atoms with E-state index in [1.54, 1.807) is 0 Å². The molecule has 0 amide bonds. The van der Waals surface area contributed by atoms with Crippen LogP contribution in [0, 0.1) is 0 Å². The zero-order valence-corrected chi connectivity index (χ0v) is 12.4. The summed E-state index contributed by atoms with van der Waals surface area (Å²) < 4.78 is 38.5. The van der Waals surface area contributed by atoms with Gasteiger partial charge in [0.25, 0.3) is 0 Å². The maximum atomic E-state index is 12.5. The third-order valence-electron chi connectivity index (χ3n) is 3.02. The molecule has 0 spiro atoms. The van der Waals surface area contributed by atoms with E-state index in [-0.39, 0.29) is 6.04 Å². The number of nitrogens with two attached hydrogens (primary N) is 1. The third-order valence-corrected chi connectivity index (χ3v) is 3.55. The summed E-state index contributed by atoms with van der Waals surface area (Å²) in [5.41, 5.74) is 3.28. The van der Waals surface area contributed by atoms with Gasteiger partial charge in [0.05, 0.1) is 17.3 Å². The van der Waals surface area contributed by atoms with Gasteiger partial charge < -0.3 is 0 Å². The average molecular weight is 360 g/mol. The summed E-state index contributed by atoms with van der Waals surface area (Å²) in [6.45, 7) is 0. The van der Waals surface area contributed by atoms with E-state index in [2.05, 4.69) is 26.3 Å². The zero-order chi connectivity index (χ0) is 15.5. The number of aromatic nitrogens is 1. The van der Waals surface area contributed by atoms with Crippen LogP contribution in [-0.4, -0.2) is 4.98 Å². The molecule has 2 aromatic rings. The number of nitrogens with zero attached hydrogens (tertiary/aromatic N) is 1. The molecule has 21 heavy (non-hydrogen) atoms. The Morgan fingerprint density at radius 1 is 1.14 bits per heavy atom. The van der Waals surface area contributed by atoms with Gasteiger partial charge >= 0.3 is 6.18 Å². The number of hydrogen-bond acceptors (Lipinski definition) is 3. The first-order chi connectivity index (χ1) is 9.90. The number of benzene rings is 1. The smallest absolute Gasteiger partial charge is 0.271 e. The Labute approximate surface area is 128 Å². The van der Waals surface area contributed by atoms with Gasteiger partial charge in [-0.15, -0.1) is 0 Å². The number of pyridine rings is 1. The summed E-state index contributed by atoms with van der Waals surface area (Å²) in [7, 11) is 0. The molecule has 112 valence electrons. The van der Waals surface area contributed by atoms with E-state index in [9.17, 15) is 13.2 Å². The maximum absolute atomic E-state index is 12.5. The SMILES string of the molecule is NNC(Cc1ccc(Br)cc1)c1ccc(C(F)(F)F)cn1. The molecule has 7 heteroatoms. The predicted octanol–water partition coefficient (Wildman–Crippen LogP) is 3.61. The molecule has 0 saturated carbocycles. The highest BCUT2D eigenvalue weighted by atomic mass is 79.9. The van der Waals surface area contributed by atoms with Crippen molar-refractivity contribution in [1.82, 2.24) is 10.4 Å². The summed E-state index contributed by atoms with van der Waals surface area (Å²) >= 11 is 3.34. The highest BCUT2D eigenvalue weighted by Gasteiger charge is 2.30. The number of nitrogens with one attached hydrogen (secondary N) is 1. The molecule has 0 aliphatic carbocycles. The van der Waals surface area contributed by atoms with Crippen molar-refractivity contribution in [2.45, 2.75) is 18.6 Å². The normalized spacial score (nSPS) is 13.2. The Bertz CT molecular complexity index is 582. The molecule has 0 aliphatic rings. The molecular weight excluding hydrogens is 347 g/mol. The van der Waals surface area contributed by atoms with Gasteiger partial charge in [0.1, 0.15) is 0 Å². The molecule has 1 atom stereocenters. The zero-order valence-electron chi connectivity index (χ0n) is 10.9. The molecule has 0 fully saturated rings. The van der Waals surface area contributed by atoms with Crippen molar-refractivity contribution in [2.75, 3.05) is 0 Å². The van der Waals surface area contributed by atoms with E-state index >= 15 is 0 Å². The van der Waals surface area contributed by atoms with Crippen molar-refractivity contribution in [1.29, 1.82) is 0 Å². The second-order valence-corrected chi connectivity index (χ2v) is 5.44. The molecule has 0 aliphatic heterocycles. The fraction of sp³-hybridized carbons (Fsp3) is 0.214. The molecular formula is C14H13BrF3N3. The minimum absolute atomic E-state index is 0.353. The van der Waals surface area contributed by atoms with E-state index in [1.807, 2.05) is 24.3 Å². The number of hydrogen-bond donors (Lipinski definition) is 2. The van der Waals surface area contributed by atoms with E-state index < -0.39 is 11.7 Å². The number of rotatable bonds is 4. The van der Waals surface area contributed by atoms with Crippen molar-refractivity contribution >= 4 is 15.9 Å². The van der Waals surface area contributed by atoms with Crippen LogP contribution in [0.25, 0.3) is 0 Å². The van der Waals surface area contributed by atoms with Crippen molar-refractivity contribution in [3.63, 3.8) is 0 Å². The highest BCUT2D eigenvalue weighted by Crippen LogP contribution is 2.29. The van der Waals surface area contributed by atoms with Crippen LogP contribution in [-0.2, 0) is 12.6 Å². The maximum Gasteiger partial charge on any atom is 0.417 e. The van der Waals surface area contributed by atoms with Gasteiger partial charge in [0.15, 0.2) is 0 Å². The number of alkyl halides is 3. The first kappa shape index (κ1) is 15.9. The number of halogens is 4. The van der Waals surface area contributed by atoms with Crippen LogP contribution in [0.4, 0.5) is 13.2 Å². The Morgan fingerprint density at radius 3 is 2.29 bits per heavy atom. The van der Waals surface area contributed by atoms with Crippen LogP contribution in [0.3, 0.4) is 0 Å². The van der Waals surface area contributed by atoms with Gasteiger partial charge in [-0.05, 0) is 36.2 Å². The van der Waals surface area contributed by atoms with E-state index in [1.165, 1.54) is 6.07 Å². The molecule has 1 aromatic carbocycles. The molecule has 1 aromatic heterocycles. The summed E-state index contributed by atoms with van der Waals surface area (Å²) in [4.78, 5) is 3.86. The van der Waals surface area contributed by atoms with Crippen molar-refractivity contribution in [2.24, 2.45) is 5.84 Å². The topological polar surface area (TPSA) is 50.9 Å². The lowest BCUT2D eigenvalue weighted by Crippen LogP contribution is -2.30.